The average Bonchev–Trinajstić information content (AvgIpc) is 2.63. The summed E-state index contributed by atoms with van der Waals surface area (Å²) in [4.78, 5) is 27.5. The van der Waals surface area contributed by atoms with Gasteiger partial charge >= 0.3 is 0 Å². The summed E-state index contributed by atoms with van der Waals surface area (Å²) < 4.78 is 13.7. The zero-order chi connectivity index (χ0) is 18.3. The lowest BCUT2D eigenvalue weighted by molar-refractivity contribution is -0.112. The molecule has 1 fully saturated rings. The van der Waals surface area contributed by atoms with Crippen LogP contribution in [0, 0.1) is 0 Å². The smallest absolute Gasteiger partial charge is 0.276 e. The van der Waals surface area contributed by atoms with Gasteiger partial charge in [-0.2, -0.15) is 0 Å². The van der Waals surface area contributed by atoms with Gasteiger partial charge in [-0.3, -0.25) is 9.59 Å². The van der Waals surface area contributed by atoms with Crippen molar-refractivity contribution in [3.63, 3.8) is 0 Å². The van der Waals surface area contributed by atoms with Crippen LogP contribution in [0.15, 0.2) is 45.8 Å². The Morgan fingerprint density at radius 3 is 2.81 bits per heavy atom. The number of nitrogens with zero attached hydrogens (tertiary/aromatic N) is 2. The van der Waals surface area contributed by atoms with Gasteiger partial charge < -0.3 is 18.9 Å². The van der Waals surface area contributed by atoms with Crippen molar-refractivity contribution in [2.24, 2.45) is 0 Å². The van der Waals surface area contributed by atoms with Crippen LogP contribution in [0.3, 0.4) is 0 Å². The molecule has 2 aliphatic heterocycles. The summed E-state index contributed by atoms with van der Waals surface area (Å²) in [5.74, 6) is -0.134. The van der Waals surface area contributed by atoms with E-state index in [2.05, 4.69) is 15.9 Å². The zero-order valence-electron chi connectivity index (χ0n) is 14.4. The van der Waals surface area contributed by atoms with E-state index < -0.39 is 0 Å². The van der Waals surface area contributed by atoms with Crippen LogP contribution in [0.5, 0.6) is 5.75 Å². The summed E-state index contributed by atoms with van der Waals surface area (Å²) in [6, 6.07) is 9.63. The molecule has 4 rings (SSSR count). The highest BCUT2D eigenvalue weighted by atomic mass is 79.9. The summed E-state index contributed by atoms with van der Waals surface area (Å²) in [7, 11) is 0. The molecule has 2 aliphatic rings. The van der Waals surface area contributed by atoms with Gasteiger partial charge in [0.2, 0.25) is 5.43 Å². The lowest BCUT2D eigenvalue weighted by Crippen LogP contribution is -2.57. The number of carbonyl (C=O) groups excluding carboxylic acids is 1. The zero-order valence-corrected chi connectivity index (χ0v) is 15.9. The van der Waals surface area contributed by atoms with Crippen molar-refractivity contribution in [2.45, 2.75) is 38.8 Å². The Bertz CT molecular complexity index is 896. The van der Waals surface area contributed by atoms with Crippen LogP contribution in [0.4, 0.5) is 0 Å². The van der Waals surface area contributed by atoms with Crippen LogP contribution in [0.1, 0.15) is 29.4 Å². The van der Waals surface area contributed by atoms with E-state index in [4.69, 9.17) is 9.47 Å². The molecule has 0 unspecified atom stereocenters. The van der Waals surface area contributed by atoms with E-state index in [1.54, 1.807) is 15.7 Å². The molecule has 2 atom stereocenters. The minimum absolute atomic E-state index is 0.0655. The number of hydrogen-bond donors (Lipinski definition) is 0. The molecule has 7 heteroatoms. The maximum atomic E-state index is 13.1. The Kier molecular flexibility index (Phi) is 4.58. The molecule has 26 heavy (non-hydrogen) atoms. The minimum atomic E-state index is -0.315. The van der Waals surface area contributed by atoms with Crippen LogP contribution in [0.25, 0.3) is 0 Å². The van der Waals surface area contributed by atoms with Crippen molar-refractivity contribution < 1.29 is 14.3 Å². The number of carbonyl (C=O) groups is 1. The lowest BCUT2D eigenvalue weighted by Gasteiger charge is -2.44. The lowest BCUT2D eigenvalue weighted by atomic mass is 10.1. The standard InChI is InChI=1S/C19H19BrN2O4/c1-12-7-8-25-15-10-21-9-14(20)17(23)18(16(21)19(24)22(12)15)26-11-13-5-3-2-4-6-13/h2-6,9,12,15H,7-8,10-11H2,1H3/t12-,15+/m1/s1. The molecule has 1 amide bonds. The van der Waals surface area contributed by atoms with E-state index in [0.29, 0.717) is 23.3 Å². The van der Waals surface area contributed by atoms with E-state index in [9.17, 15) is 9.59 Å². The minimum Gasteiger partial charge on any atom is -0.483 e. The van der Waals surface area contributed by atoms with Crippen molar-refractivity contribution in [1.82, 2.24) is 9.47 Å². The Morgan fingerprint density at radius 2 is 2.04 bits per heavy atom. The van der Waals surface area contributed by atoms with E-state index in [-0.39, 0.29) is 36.0 Å². The van der Waals surface area contributed by atoms with Crippen LogP contribution >= 0.6 is 15.9 Å². The average molecular weight is 419 g/mol. The Balaban J connectivity index is 1.74. The van der Waals surface area contributed by atoms with Gasteiger partial charge in [0, 0.05) is 12.2 Å². The third kappa shape index (κ3) is 2.95. The molecule has 136 valence electrons. The van der Waals surface area contributed by atoms with E-state index in [1.165, 1.54) is 0 Å². The topological polar surface area (TPSA) is 60.8 Å². The third-order valence-electron chi connectivity index (χ3n) is 4.84. The summed E-state index contributed by atoms with van der Waals surface area (Å²) >= 11 is 3.29. The molecule has 3 heterocycles. The van der Waals surface area contributed by atoms with E-state index in [0.717, 1.165) is 12.0 Å². The Hall–Kier alpha value is -2.12. The normalized spacial score (nSPS) is 21.9. The molecule has 0 radical (unpaired) electrons. The van der Waals surface area contributed by atoms with E-state index in [1.807, 2.05) is 37.3 Å². The van der Waals surface area contributed by atoms with Crippen molar-refractivity contribution in [2.75, 3.05) is 6.61 Å². The molecule has 0 spiro atoms. The Labute approximate surface area is 159 Å². The van der Waals surface area contributed by atoms with Gasteiger partial charge in [0.1, 0.15) is 6.61 Å². The third-order valence-corrected chi connectivity index (χ3v) is 5.41. The second-order valence-electron chi connectivity index (χ2n) is 6.59. The first-order valence-corrected chi connectivity index (χ1v) is 9.39. The number of benzene rings is 1. The van der Waals surface area contributed by atoms with E-state index >= 15 is 0 Å². The van der Waals surface area contributed by atoms with Gasteiger partial charge in [-0.05, 0) is 34.8 Å². The monoisotopic (exact) mass is 418 g/mol. The predicted molar refractivity (Wildman–Crippen MR) is 99.2 cm³/mol. The number of amides is 1. The molecular formula is C19H19BrN2O4. The number of rotatable bonds is 3. The maximum Gasteiger partial charge on any atom is 0.276 e. The van der Waals surface area contributed by atoms with Crippen LogP contribution in [-0.4, -0.2) is 34.3 Å². The fourth-order valence-corrected chi connectivity index (χ4v) is 3.90. The second kappa shape index (κ2) is 6.89. The van der Waals surface area contributed by atoms with Crippen LogP contribution in [-0.2, 0) is 17.9 Å². The van der Waals surface area contributed by atoms with Crippen molar-refractivity contribution >= 4 is 21.8 Å². The van der Waals surface area contributed by atoms with Crippen molar-refractivity contribution in [3.05, 3.63) is 62.5 Å². The van der Waals surface area contributed by atoms with Gasteiger partial charge in [0.25, 0.3) is 5.91 Å². The quantitative estimate of drug-likeness (QED) is 0.768. The highest BCUT2D eigenvalue weighted by Gasteiger charge is 2.40. The largest absolute Gasteiger partial charge is 0.483 e. The molecule has 0 saturated carbocycles. The SMILES string of the molecule is C[C@@H]1CCO[C@H]2Cn3cc(Br)c(=O)c(OCc4ccccc4)c3C(=O)N12. The van der Waals surface area contributed by atoms with Crippen molar-refractivity contribution in [1.29, 1.82) is 0 Å². The number of pyridine rings is 1. The number of aromatic nitrogens is 1. The predicted octanol–water partition coefficient (Wildman–Crippen LogP) is 2.78. The number of ether oxygens (including phenoxy) is 2. The maximum absolute atomic E-state index is 13.1. The molecule has 1 saturated heterocycles. The van der Waals surface area contributed by atoms with Gasteiger partial charge in [-0.1, -0.05) is 30.3 Å². The summed E-state index contributed by atoms with van der Waals surface area (Å²) in [6.07, 6.45) is 2.11. The molecule has 0 N–H and O–H groups in total. The number of fused-ring (bicyclic) bond motifs is 2. The first-order chi connectivity index (χ1) is 12.6. The molecule has 0 bridgehead atoms. The fraction of sp³-hybridized carbons (Fsp3) is 0.368. The fourth-order valence-electron chi connectivity index (χ4n) is 3.47. The number of halogens is 1. The molecule has 0 aliphatic carbocycles. The van der Waals surface area contributed by atoms with Gasteiger partial charge in [0.15, 0.2) is 17.7 Å². The summed E-state index contributed by atoms with van der Waals surface area (Å²) in [5, 5.41) is 0. The second-order valence-corrected chi connectivity index (χ2v) is 7.44. The molecular weight excluding hydrogens is 400 g/mol. The molecule has 1 aromatic heterocycles. The molecule has 6 nitrogen and oxygen atoms in total. The number of hydrogen-bond acceptors (Lipinski definition) is 4. The molecule has 1 aromatic carbocycles. The highest BCUT2D eigenvalue weighted by Crippen LogP contribution is 2.30. The van der Waals surface area contributed by atoms with Crippen LogP contribution in [0.2, 0.25) is 0 Å². The van der Waals surface area contributed by atoms with Crippen LogP contribution < -0.4 is 10.2 Å². The highest BCUT2D eigenvalue weighted by molar-refractivity contribution is 9.10. The first-order valence-electron chi connectivity index (χ1n) is 8.60. The first kappa shape index (κ1) is 17.3. The van der Waals surface area contributed by atoms with Gasteiger partial charge in [0.05, 0.1) is 17.6 Å². The van der Waals surface area contributed by atoms with Crippen molar-refractivity contribution in [3.8, 4) is 5.75 Å². The van der Waals surface area contributed by atoms with Gasteiger partial charge in [-0.25, -0.2) is 0 Å². The summed E-state index contributed by atoms with van der Waals surface area (Å²) in [5.41, 5.74) is 0.911. The van der Waals surface area contributed by atoms with Gasteiger partial charge in [-0.15, -0.1) is 0 Å². The summed E-state index contributed by atoms with van der Waals surface area (Å²) in [6.45, 7) is 3.34. The molecule has 2 aromatic rings. The Morgan fingerprint density at radius 1 is 1.27 bits per heavy atom.